The Morgan fingerprint density at radius 1 is 0.405 bits per heavy atom. The molecule has 2 heteroatoms. The first-order chi connectivity index (χ1) is 20.8. The summed E-state index contributed by atoms with van der Waals surface area (Å²) in [6.07, 6.45) is 0. The molecule has 0 saturated carbocycles. The van der Waals surface area contributed by atoms with E-state index in [-0.39, 0.29) is 0 Å². The van der Waals surface area contributed by atoms with Crippen LogP contribution in [0.5, 0.6) is 0 Å². The van der Waals surface area contributed by atoms with Gasteiger partial charge < -0.3 is 9.32 Å². The largest absolute Gasteiger partial charge is 0.455 e. The van der Waals surface area contributed by atoms with Gasteiger partial charge in [0.05, 0.1) is 5.69 Å². The van der Waals surface area contributed by atoms with Gasteiger partial charge in [-0.05, 0) is 58.5 Å². The predicted molar refractivity (Wildman–Crippen MR) is 177 cm³/mol. The van der Waals surface area contributed by atoms with Crippen molar-refractivity contribution in [2.24, 2.45) is 0 Å². The number of fused-ring (bicyclic) bond motifs is 4. The minimum Gasteiger partial charge on any atom is -0.455 e. The molecule has 0 fully saturated rings. The third-order valence-corrected chi connectivity index (χ3v) is 8.06. The van der Waals surface area contributed by atoms with Crippen LogP contribution in [-0.4, -0.2) is 0 Å². The average Bonchev–Trinajstić information content (AvgIpc) is 3.45. The van der Waals surface area contributed by atoms with Crippen LogP contribution in [0.2, 0.25) is 0 Å². The highest BCUT2D eigenvalue weighted by Gasteiger charge is 2.17. The molecule has 0 aliphatic heterocycles. The number of anilines is 3. The Kier molecular flexibility index (Phi) is 5.82. The number of hydrogen-bond acceptors (Lipinski definition) is 2. The van der Waals surface area contributed by atoms with Crippen molar-refractivity contribution in [2.75, 3.05) is 4.90 Å². The van der Waals surface area contributed by atoms with Gasteiger partial charge in [-0.15, -0.1) is 0 Å². The van der Waals surface area contributed by atoms with E-state index in [1.165, 1.54) is 21.9 Å². The van der Waals surface area contributed by atoms with Crippen molar-refractivity contribution >= 4 is 49.8 Å². The van der Waals surface area contributed by atoms with Gasteiger partial charge in [0.25, 0.3) is 0 Å². The standard InChI is InChI=1S/C40H27NO/c1-2-11-28(12-3-1)31-15-8-16-33(27-31)41(38-21-9-14-29-13-4-5-17-34(29)38)32-25-23-30(24-26-32)35-19-10-20-37-36-18-6-7-22-39(36)42-40(35)37/h1-27H. The zero-order valence-electron chi connectivity index (χ0n) is 22.9. The fourth-order valence-electron chi connectivity index (χ4n) is 6.05. The Morgan fingerprint density at radius 3 is 1.95 bits per heavy atom. The molecule has 1 heterocycles. The summed E-state index contributed by atoms with van der Waals surface area (Å²) in [5.41, 5.74) is 9.79. The smallest absolute Gasteiger partial charge is 0.143 e. The number of para-hydroxylation sites is 2. The lowest BCUT2D eigenvalue weighted by Crippen LogP contribution is -2.10. The van der Waals surface area contributed by atoms with Gasteiger partial charge in [0.1, 0.15) is 11.2 Å². The zero-order chi connectivity index (χ0) is 27.9. The van der Waals surface area contributed by atoms with Crippen LogP contribution in [0.3, 0.4) is 0 Å². The van der Waals surface area contributed by atoms with Crippen molar-refractivity contribution in [3.05, 3.63) is 164 Å². The van der Waals surface area contributed by atoms with Crippen molar-refractivity contribution in [1.82, 2.24) is 0 Å². The Labute approximate surface area is 244 Å². The van der Waals surface area contributed by atoms with E-state index in [0.29, 0.717) is 0 Å². The second-order valence-electron chi connectivity index (χ2n) is 10.6. The molecule has 1 aromatic heterocycles. The van der Waals surface area contributed by atoms with E-state index in [1.807, 2.05) is 12.1 Å². The van der Waals surface area contributed by atoms with E-state index in [0.717, 1.165) is 50.1 Å². The first kappa shape index (κ1) is 24.2. The highest BCUT2D eigenvalue weighted by Crippen LogP contribution is 2.41. The maximum atomic E-state index is 6.35. The molecule has 2 nitrogen and oxygen atoms in total. The Hall–Kier alpha value is -5.60. The quantitative estimate of drug-likeness (QED) is 0.217. The maximum Gasteiger partial charge on any atom is 0.143 e. The fourth-order valence-corrected chi connectivity index (χ4v) is 6.05. The van der Waals surface area contributed by atoms with E-state index in [9.17, 15) is 0 Å². The number of rotatable bonds is 5. The van der Waals surface area contributed by atoms with Crippen LogP contribution in [0.25, 0.3) is 55.0 Å². The lowest BCUT2D eigenvalue weighted by Gasteiger charge is -2.27. The minimum absolute atomic E-state index is 0.914. The lowest BCUT2D eigenvalue weighted by atomic mass is 10.0. The zero-order valence-corrected chi connectivity index (χ0v) is 22.9. The summed E-state index contributed by atoms with van der Waals surface area (Å²) in [5, 5.41) is 4.71. The molecule has 0 aliphatic rings. The van der Waals surface area contributed by atoms with Gasteiger partial charge in [-0.3, -0.25) is 0 Å². The third-order valence-electron chi connectivity index (χ3n) is 8.06. The van der Waals surface area contributed by atoms with E-state index >= 15 is 0 Å². The maximum absolute atomic E-state index is 6.35. The minimum atomic E-state index is 0.914. The van der Waals surface area contributed by atoms with Gasteiger partial charge >= 0.3 is 0 Å². The highest BCUT2D eigenvalue weighted by molar-refractivity contribution is 6.09. The van der Waals surface area contributed by atoms with Gasteiger partial charge in [0, 0.05) is 33.1 Å². The van der Waals surface area contributed by atoms with Crippen LogP contribution in [0, 0.1) is 0 Å². The molecule has 7 aromatic carbocycles. The normalized spacial score (nSPS) is 11.3. The lowest BCUT2D eigenvalue weighted by molar-refractivity contribution is 0.670. The predicted octanol–water partition coefficient (Wildman–Crippen LogP) is 11.5. The molecule has 0 radical (unpaired) electrons. The molecule has 42 heavy (non-hydrogen) atoms. The van der Waals surface area contributed by atoms with Crippen LogP contribution in [0.15, 0.2) is 168 Å². The van der Waals surface area contributed by atoms with Crippen LogP contribution >= 0.6 is 0 Å². The summed E-state index contributed by atoms with van der Waals surface area (Å²) in [4.78, 5) is 2.36. The SMILES string of the molecule is c1ccc(-c2cccc(N(c3ccc(-c4cccc5c4oc4ccccc45)cc3)c3cccc4ccccc34)c2)cc1. The molecule has 0 spiro atoms. The van der Waals surface area contributed by atoms with Crippen LogP contribution in [0.1, 0.15) is 0 Å². The summed E-state index contributed by atoms with van der Waals surface area (Å²) in [7, 11) is 0. The van der Waals surface area contributed by atoms with Crippen molar-refractivity contribution in [3.8, 4) is 22.3 Å². The molecule has 0 atom stereocenters. The molecule has 8 aromatic rings. The van der Waals surface area contributed by atoms with Crippen LogP contribution in [0.4, 0.5) is 17.1 Å². The first-order valence-electron chi connectivity index (χ1n) is 14.3. The molecule has 0 bridgehead atoms. The van der Waals surface area contributed by atoms with E-state index in [4.69, 9.17) is 4.42 Å². The summed E-state index contributed by atoms with van der Waals surface area (Å²) in [6.45, 7) is 0. The van der Waals surface area contributed by atoms with E-state index in [1.54, 1.807) is 0 Å². The van der Waals surface area contributed by atoms with Crippen molar-refractivity contribution in [2.45, 2.75) is 0 Å². The third kappa shape index (κ3) is 4.13. The van der Waals surface area contributed by atoms with Crippen LogP contribution in [-0.2, 0) is 0 Å². The van der Waals surface area contributed by atoms with Gasteiger partial charge in [0.15, 0.2) is 0 Å². The topological polar surface area (TPSA) is 16.4 Å². The molecule has 0 amide bonds. The van der Waals surface area contributed by atoms with Crippen molar-refractivity contribution in [1.29, 1.82) is 0 Å². The molecule has 198 valence electrons. The van der Waals surface area contributed by atoms with Gasteiger partial charge in [-0.25, -0.2) is 0 Å². The molecular weight excluding hydrogens is 510 g/mol. The van der Waals surface area contributed by atoms with Gasteiger partial charge in [-0.2, -0.15) is 0 Å². The first-order valence-corrected chi connectivity index (χ1v) is 14.3. The van der Waals surface area contributed by atoms with E-state index in [2.05, 4.69) is 157 Å². The summed E-state index contributed by atoms with van der Waals surface area (Å²) in [6, 6.07) is 58.0. The van der Waals surface area contributed by atoms with Crippen molar-refractivity contribution < 1.29 is 4.42 Å². The van der Waals surface area contributed by atoms with E-state index < -0.39 is 0 Å². The molecule has 0 N–H and O–H groups in total. The Morgan fingerprint density at radius 2 is 1.07 bits per heavy atom. The van der Waals surface area contributed by atoms with Gasteiger partial charge in [0.2, 0.25) is 0 Å². The monoisotopic (exact) mass is 537 g/mol. The Bertz CT molecular complexity index is 2190. The second-order valence-corrected chi connectivity index (χ2v) is 10.6. The summed E-state index contributed by atoms with van der Waals surface area (Å²) < 4.78 is 6.35. The Balaban J connectivity index is 1.28. The van der Waals surface area contributed by atoms with Crippen molar-refractivity contribution in [3.63, 3.8) is 0 Å². The molecular formula is C40H27NO. The summed E-state index contributed by atoms with van der Waals surface area (Å²) in [5.74, 6) is 0. The molecule has 0 aliphatic carbocycles. The number of nitrogens with zero attached hydrogens (tertiary/aromatic N) is 1. The molecule has 8 rings (SSSR count). The molecule has 0 unspecified atom stereocenters. The summed E-state index contributed by atoms with van der Waals surface area (Å²) >= 11 is 0. The fraction of sp³-hybridized carbons (Fsp3) is 0. The number of furan rings is 1. The van der Waals surface area contributed by atoms with Crippen LogP contribution < -0.4 is 4.90 Å². The highest BCUT2D eigenvalue weighted by atomic mass is 16.3. The van der Waals surface area contributed by atoms with Gasteiger partial charge in [-0.1, -0.05) is 127 Å². The number of benzene rings is 7. The number of hydrogen-bond donors (Lipinski definition) is 0. The average molecular weight is 538 g/mol. The second kappa shape index (κ2) is 10.1. The molecule has 0 saturated heterocycles.